The van der Waals surface area contributed by atoms with Crippen molar-refractivity contribution in [1.29, 1.82) is 0 Å². The second-order valence-electron chi connectivity index (χ2n) is 8.72. The van der Waals surface area contributed by atoms with E-state index in [1.54, 1.807) is 19.9 Å². The van der Waals surface area contributed by atoms with Crippen molar-refractivity contribution in [3.63, 3.8) is 0 Å². The number of carbonyl (C=O) groups is 1. The number of aliphatic imine (C=N–C) groups is 1. The highest BCUT2D eigenvalue weighted by molar-refractivity contribution is 8.16. The molecule has 2 heterocycles. The summed E-state index contributed by atoms with van der Waals surface area (Å²) in [7, 11) is 0. The van der Waals surface area contributed by atoms with Gasteiger partial charge in [-0.15, -0.1) is 11.8 Å². The number of hydrogen-bond donors (Lipinski definition) is 2. The lowest BCUT2D eigenvalue weighted by atomic mass is 10.0. The van der Waals surface area contributed by atoms with Gasteiger partial charge in [0.25, 0.3) is 0 Å². The van der Waals surface area contributed by atoms with Gasteiger partial charge in [0.05, 0.1) is 18.7 Å². The first-order chi connectivity index (χ1) is 15.8. The molecule has 0 radical (unpaired) electrons. The first kappa shape index (κ1) is 25.3. The number of ether oxygens (including phenoxy) is 1. The molecule has 1 saturated carbocycles. The van der Waals surface area contributed by atoms with Crippen LogP contribution in [-0.2, 0) is 9.63 Å². The summed E-state index contributed by atoms with van der Waals surface area (Å²) in [5, 5.41) is 7.78. The molecule has 1 amide bonds. The summed E-state index contributed by atoms with van der Waals surface area (Å²) in [5.74, 6) is 1.70. The van der Waals surface area contributed by atoms with Gasteiger partial charge in [-0.25, -0.2) is 4.79 Å². The molecule has 1 aliphatic heterocycles. The van der Waals surface area contributed by atoms with Crippen molar-refractivity contribution in [2.45, 2.75) is 64.5 Å². The number of rotatable bonds is 13. The van der Waals surface area contributed by atoms with Crippen molar-refractivity contribution in [3.05, 3.63) is 28.3 Å². The number of amides is 1. The zero-order valence-corrected chi connectivity index (χ0v) is 20.4. The van der Waals surface area contributed by atoms with E-state index in [-0.39, 0.29) is 5.91 Å². The van der Waals surface area contributed by atoms with E-state index in [9.17, 15) is 9.59 Å². The first-order valence-corrected chi connectivity index (χ1v) is 12.5. The maximum absolute atomic E-state index is 13.2. The maximum atomic E-state index is 13.2. The Balaban J connectivity index is 1.69. The van der Waals surface area contributed by atoms with E-state index in [0.29, 0.717) is 60.1 Å². The van der Waals surface area contributed by atoms with E-state index in [1.807, 2.05) is 6.92 Å². The highest BCUT2D eigenvalue weighted by atomic mass is 32.2. The number of nitrogens with zero attached hydrogens (tertiary/aromatic N) is 2. The molecule has 2 unspecified atom stereocenters. The van der Waals surface area contributed by atoms with Crippen molar-refractivity contribution in [3.8, 4) is 5.75 Å². The fourth-order valence-corrected chi connectivity index (χ4v) is 4.37. The van der Waals surface area contributed by atoms with Crippen LogP contribution in [0.2, 0.25) is 0 Å². The minimum absolute atomic E-state index is 0.229. The van der Waals surface area contributed by atoms with Crippen molar-refractivity contribution >= 4 is 28.4 Å². The second-order valence-corrected chi connectivity index (χ2v) is 9.68. The van der Waals surface area contributed by atoms with Crippen LogP contribution in [0.3, 0.4) is 0 Å². The molecule has 0 saturated heterocycles. The van der Waals surface area contributed by atoms with Crippen LogP contribution < -0.4 is 21.4 Å². The lowest BCUT2D eigenvalue weighted by Gasteiger charge is -2.24. The van der Waals surface area contributed by atoms with Crippen LogP contribution in [0.4, 0.5) is 0 Å². The molecule has 182 valence electrons. The van der Waals surface area contributed by atoms with Crippen LogP contribution in [-0.4, -0.2) is 47.7 Å². The molecule has 0 aromatic carbocycles. The Bertz CT molecular complexity index is 943. The lowest BCUT2D eigenvalue weighted by Crippen LogP contribution is -2.45. The van der Waals surface area contributed by atoms with E-state index in [0.717, 1.165) is 25.7 Å². The Hall–Kier alpha value is -2.33. The fourth-order valence-electron chi connectivity index (χ4n) is 3.24. The summed E-state index contributed by atoms with van der Waals surface area (Å²) in [6.07, 6.45) is 4.46. The third-order valence-corrected chi connectivity index (χ3v) is 6.82. The summed E-state index contributed by atoms with van der Waals surface area (Å²) in [6.45, 7) is 7.18. The Morgan fingerprint density at radius 1 is 1.45 bits per heavy atom. The minimum atomic E-state index is -0.958. The summed E-state index contributed by atoms with van der Waals surface area (Å²) in [6, 6.07) is 2.61. The minimum Gasteiger partial charge on any atom is -0.493 e. The van der Waals surface area contributed by atoms with Gasteiger partial charge in [0.15, 0.2) is 0 Å². The van der Waals surface area contributed by atoms with Crippen LogP contribution in [0.25, 0.3) is 0 Å². The molecule has 1 fully saturated rings. The third-order valence-electron chi connectivity index (χ3n) is 5.45. The highest BCUT2D eigenvalue weighted by Crippen LogP contribution is 2.32. The quantitative estimate of drug-likeness (QED) is 0.253. The summed E-state index contributed by atoms with van der Waals surface area (Å²) in [5.41, 5.74) is 4.64. The second kappa shape index (κ2) is 11.7. The number of nitrogens with one attached hydrogen (secondary N) is 1. The number of hydrogen-bond acceptors (Lipinski definition) is 9. The topological polar surface area (TPSA) is 129 Å². The molecule has 3 N–H and O–H groups in total. The van der Waals surface area contributed by atoms with Gasteiger partial charge in [-0.1, -0.05) is 18.5 Å². The van der Waals surface area contributed by atoms with Crippen LogP contribution in [0.5, 0.6) is 5.75 Å². The summed E-state index contributed by atoms with van der Waals surface area (Å²) < 4.78 is 11.2. The van der Waals surface area contributed by atoms with E-state index in [2.05, 4.69) is 15.5 Å². The third kappa shape index (κ3) is 7.33. The molecule has 0 bridgehead atoms. The normalized spacial score (nSPS) is 21.5. The Labute approximate surface area is 198 Å². The molecule has 1 aromatic heterocycles. The standard InChI is InChI=1S/C23H34N4O5S/c1-4-6-18(19-11-17(12-20(28)32-19)30-13-16-7-8-16)25-22(29)23(3)14-33-21(26-23)15(2)27-31-10-5-9-24/h11-12,16,18H,4-10,13-14,24H2,1-3H3,(H,25,29)/b27-15+. The van der Waals surface area contributed by atoms with Crippen molar-refractivity contribution in [2.75, 3.05) is 25.5 Å². The van der Waals surface area contributed by atoms with Gasteiger partial charge in [-0.2, -0.15) is 0 Å². The molecule has 2 aliphatic rings. The molecule has 9 nitrogen and oxygen atoms in total. The molecular weight excluding hydrogens is 444 g/mol. The first-order valence-electron chi connectivity index (χ1n) is 11.5. The molecule has 33 heavy (non-hydrogen) atoms. The van der Waals surface area contributed by atoms with Crippen molar-refractivity contribution < 1.29 is 18.8 Å². The molecule has 2 atom stereocenters. The van der Waals surface area contributed by atoms with Crippen LogP contribution in [0.1, 0.15) is 64.7 Å². The number of nitrogens with two attached hydrogens (primary N) is 1. The summed E-state index contributed by atoms with van der Waals surface area (Å²) in [4.78, 5) is 35.2. The van der Waals surface area contributed by atoms with Gasteiger partial charge in [0.1, 0.15) is 34.4 Å². The number of thioether (sulfide) groups is 1. The van der Waals surface area contributed by atoms with Gasteiger partial charge in [-0.05, 0) is 52.0 Å². The van der Waals surface area contributed by atoms with Gasteiger partial charge < -0.3 is 25.0 Å². The summed E-state index contributed by atoms with van der Waals surface area (Å²) >= 11 is 1.47. The van der Waals surface area contributed by atoms with Crippen LogP contribution in [0, 0.1) is 5.92 Å². The fraction of sp³-hybridized carbons (Fsp3) is 0.652. The predicted molar refractivity (Wildman–Crippen MR) is 130 cm³/mol. The van der Waals surface area contributed by atoms with E-state index < -0.39 is 17.2 Å². The molecule has 1 aromatic rings. The van der Waals surface area contributed by atoms with Crippen molar-refractivity contribution in [1.82, 2.24) is 5.32 Å². The monoisotopic (exact) mass is 478 g/mol. The maximum Gasteiger partial charge on any atom is 0.339 e. The average Bonchev–Trinajstić information content (AvgIpc) is 3.53. The SMILES string of the molecule is CCCC(NC(=O)C1(C)CSC(/C(C)=N/OCCCN)=N1)c1cc(OCC2CC2)cc(=O)o1. The molecule has 10 heteroatoms. The van der Waals surface area contributed by atoms with Gasteiger partial charge in [0, 0.05) is 11.8 Å². The zero-order chi connectivity index (χ0) is 23.8. The number of oxime groups is 1. The van der Waals surface area contributed by atoms with E-state index >= 15 is 0 Å². The van der Waals surface area contributed by atoms with Gasteiger partial charge in [0.2, 0.25) is 5.91 Å². The number of carbonyl (C=O) groups excluding carboxylic acids is 1. The van der Waals surface area contributed by atoms with E-state index in [1.165, 1.54) is 17.8 Å². The molecular formula is C23H34N4O5S. The van der Waals surface area contributed by atoms with Crippen molar-refractivity contribution in [2.24, 2.45) is 21.8 Å². The van der Waals surface area contributed by atoms with E-state index in [4.69, 9.17) is 19.7 Å². The molecule has 0 spiro atoms. The van der Waals surface area contributed by atoms with Gasteiger partial charge in [-0.3, -0.25) is 9.79 Å². The lowest BCUT2D eigenvalue weighted by molar-refractivity contribution is -0.125. The van der Waals surface area contributed by atoms with Gasteiger partial charge >= 0.3 is 5.63 Å². The van der Waals surface area contributed by atoms with Crippen LogP contribution >= 0.6 is 11.8 Å². The smallest absolute Gasteiger partial charge is 0.339 e. The Morgan fingerprint density at radius 3 is 2.94 bits per heavy atom. The molecule has 1 aliphatic carbocycles. The largest absolute Gasteiger partial charge is 0.493 e. The molecule has 3 rings (SSSR count). The highest BCUT2D eigenvalue weighted by Gasteiger charge is 2.40. The predicted octanol–water partition coefficient (Wildman–Crippen LogP) is 3.03. The Kier molecular flexibility index (Phi) is 8.96. The average molecular weight is 479 g/mol. The van der Waals surface area contributed by atoms with Crippen LogP contribution in [0.15, 0.2) is 31.5 Å². The Morgan fingerprint density at radius 2 is 2.24 bits per heavy atom. The zero-order valence-electron chi connectivity index (χ0n) is 19.6.